The van der Waals surface area contributed by atoms with Gasteiger partial charge in [0, 0.05) is 32.6 Å². The minimum Gasteiger partial charge on any atom is -0.457 e. The Labute approximate surface area is 164 Å². The van der Waals surface area contributed by atoms with E-state index in [1.54, 1.807) is 0 Å². The van der Waals surface area contributed by atoms with Gasteiger partial charge in [0.1, 0.15) is 23.0 Å². The van der Waals surface area contributed by atoms with Crippen LogP contribution >= 0.6 is 0 Å². The molecule has 0 aromatic heterocycles. The smallest absolute Gasteiger partial charge is 0.157 e. The highest BCUT2D eigenvalue weighted by Gasteiger charge is 2.45. The molecule has 0 fully saturated rings. The van der Waals surface area contributed by atoms with E-state index in [-0.39, 0.29) is 0 Å². The van der Waals surface area contributed by atoms with Crippen LogP contribution in [0.5, 0.6) is 23.0 Å². The zero-order valence-electron chi connectivity index (χ0n) is 14.9. The maximum Gasteiger partial charge on any atom is 0.157 e. The van der Waals surface area contributed by atoms with E-state index in [0.717, 1.165) is 28.7 Å². The molecular weight excluding hydrogens is 362 g/mol. The average Bonchev–Trinajstić information content (AvgIpc) is 2.75. The van der Waals surface area contributed by atoms with E-state index in [1.165, 1.54) is 26.9 Å². The molecule has 4 heteroatoms. The Bertz CT molecular complexity index is 1210. The lowest BCUT2D eigenvalue weighted by atomic mass is 10.1. The summed E-state index contributed by atoms with van der Waals surface area (Å²) in [4.78, 5) is 2.35. The van der Waals surface area contributed by atoms with Crippen molar-refractivity contribution in [2.45, 2.75) is 0 Å². The molecular formula is C24H15NO2Si. The lowest BCUT2D eigenvalue weighted by Gasteiger charge is -2.43. The van der Waals surface area contributed by atoms with Crippen molar-refractivity contribution in [3.05, 3.63) is 84.9 Å². The molecule has 0 bridgehead atoms. The Morgan fingerprint density at radius 2 is 1.00 bits per heavy atom. The Kier molecular flexibility index (Phi) is 2.63. The van der Waals surface area contributed by atoms with Crippen LogP contribution in [0, 0.1) is 0 Å². The van der Waals surface area contributed by atoms with E-state index in [0.29, 0.717) is 0 Å². The summed E-state index contributed by atoms with van der Waals surface area (Å²) in [6.07, 6.45) is 0. The van der Waals surface area contributed by atoms with Gasteiger partial charge in [-0.1, -0.05) is 36.4 Å². The molecule has 0 radical (unpaired) electrons. The van der Waals surface area contributed by atoms with Gasteiger partial charge in [0.05, 0.1) is 0 Å². The molecule has 0 N–H and O–H groups in total. The number of hydrogen-bond acceptors (Lipinski definition) is 3. The first-order chi connectivity index (χ1) is 13.9. The van der Waals surface area contributed by atoms with Crippen molar-refractivity contribution in [2.75, 3.05) is 4.90 Å². The SMILES string of the molecule is c1ccc(N2c3cccc4c3[SiH]3c5c(cccc5Oc5cccc2c53)O4)cc1. The van der Waals surface area contributed by atoms with Gasteiger partial charge in [0.15, 0.2) is 8.80 Å². The number of para-hydroxylation sites is 1. The van der Waals surface area contributed by atoms with Crippen molar-refractivity contribution in [1.82, 2.24) is 0 Å². The van der Waals surface area contributed by atoms with Crippen molar-refractivity contribution in [1.29, 1.82) is 0 Å². The number of benzene rings is 4. The third kappa shape index (κ3) is 1.69. The summed E-state index contributed by atoms with van der Waals surface area (Å²) in [5, 5.41) is 3.99. The molecule has 132 valence electrons. The van der Waals surface area contributed by atoms with E-state index >= 15 is 0 Å². The average molecular weight is 377 g/mol. The van der Waals surface area contributed by atoms with E-state index in [4.69, 9.17) is 9.47 Å². The largest absolute Gasteiger partial charge is 0.457 e. The number of nitrogens with zero attached hydrogens (tertiary/aromatic N) is 1. The molecule has 0 spiro atoms. The summed E-state index contributed by atoms with van der Waals surface area (Å²) in [5.41, 5.74) is 3.61. The van der Waals surface area contributed by atoms with Crippen LogP contribution in [0.4, 0.5) is 17.1 Å². The second-order valence-electron chi connectivity index (χ2n) is 7.35. The van der Waals surface area contributed by atoms with Crippen LogP contribution in [0.15, 0.2) is 84.9 Å². The summed E-state index contributed by atoms with van der Waals surface area (Å²) in [7, 11) is -1.68. The van der Waals surface area contributed by atoms with Crippen LogP contribution < -0.4 is 29.9 Å². The zero-order chi connectivity index (χ0) is 18.2. The molecule has 7 rings (SSSR count). The number of rotatable bonds is 1. The molecule has 28 heavy (non-hydrogen) atoms. The van der Waals surface area contributed by atoms with Gasteiger partial charge in [0.2, 0.25) is 0 Å². The minimum absolute atomic E-state index is 0.951. The second kappa shape index (κ2) is 5.06. The fraction of sp³-hybridized carbons (Fsp3) is 0. The molecule has 4 aromatic rings. The maximum atomic E-state index is 6.36. The molecule has 0 amide bonds. The van der Waals surface area contributed by atoms with Gasteiger partial charge in [-0.15, -0.1) is 0 Å². The Balaban J connectivity index is 1.63. The minimum atomic E-state index is -1.68. The summed E-state index contributed by atoms with van der Waals surface area (Å²) < 4.78 is 12.7. The van der Waals surface area contributed by atoms with Crippen LogP contribution in [0.25, 0.3) is 0 Å². The number of ether oxygens (including phenoxy) is 2. The summed E-state index contributed by atoms with van der Waals surface area (Å²) in [5.74, 6) is 3.88. The first-order valence-electron chi connectivity index (χ1n) is 9.50. The summed E-state index contributed by atoms with van der Waals surface area (Å²) in [6.45, 7) is 0. The lowest BCUT2D eigenvalue weighted by Crippen LogP contribution is -2.61. The van der Waals surface area contributed by atoms with Crippen molar-refractivity contribution < 1.29 is 9.47 Å². The Morgan fingerprint density at radius 1 is 0.500 bits per heavy atom. The van der Waals surface area contributed by atoms with Crippen LogP contribution in [0.1, 0.15) is 0 Å². The third-order valence-corrected chi connectivity index (χ3v) is 9.38. The fourth-order valence-electron chi connectivity index (χ4n) is 4.85. The highest BCUT2D eigenvalue weighted by molar-refractivity contribution is 7.00. The molecule has 0 atom stereocenters. The molecule has 3 aliphatic heterocycles. The number of anilines is 3. The van der Waals surface area contributed by atoms with Crippen molar-refractivity contribution >= 4 is 41.4 Å². The molecule has 3 aliphatic rings. The third-order valence-electron chi connectivity index (χ3n) is 5.91. The van der Waals surface area contributed by atoms with Crippen molar-refractivity contribution in [3.8, 4) is 23.0 Å². The summed E-state index contributed by atoms with van der Waals surface area (Å²) in [6, 6.07) is 29.6. The highest BCUT2D eigenvalue weighted by atomic mass is 28.3. The summed E-state index contributed by atoms with van der Waals surface area (Å²) >= 11 is 0. The topological polar surface area (TPSA) is 21.7 Å². The molecule has 4 aromatic carbocycles. The number of hydrogen-bond donors (Lipinski definition) is 0. The quantitative estimate of drug-likeness (QED) is 0.405. The Morgan fingerprint density at radius 3 is 1.57 bits per heavy atom. The van der Waals surface area contributed by atoms with Crippen LogP contribution in [0.2, 0.25) is 0 Å². The molecule has 0 saturated carbocycles. The molecule has 0 saturated heterocycles. The van der Waals surface area contributed by atoms with Crippen molar-refractivity contribution in [2.24, 2.45) is 0 Å². The van der Waals surface area contributed by atoms with Crippen LogP contribution in [-0.4, -0.2) is 8.80 Å². The monoisotopic (exact) mass is 377 g/mol. The van der Waals surface area contributed by atoms with Crippen LogP contribution in [0.3, 0.4) is 0 Å². The van der Waals surface area contributed by atoms with Gasteiger partial charge < -0.3 is 14.4 Å². The van der Waals surface area contributed by atoms with E-state index < -0.39 is 8.80 Å². The standard InChI is InChI=1S/C24H15NO2Si/c1-2-7-15(8-3-1)25-16-9-4-11-18-22(16)28-23-17(25)10-5-12-19(23)27-21-14-6-13-20(26-18)24(21)28/h1-14,28H. The highest BCUT2D eigenvalue weighted by Crippen LogP contribution is 2.44. The molecule has 0 unspecified atom stereocenters. The predicted molar refractivity (Wildman–Crippen MR) is 114 cm³/mol. The van der Waals surface area contributed by atoms with E-state index in [1.807, 2.05) is 6.07 Å². The Hall–Kier alpha value is -3.50. The van der Waals surface area contributed by atoms with Crippen LogP contribution in [-0.2, 0) is 0 Å². The maximum absolute atomic E-state index is 6.36. The predicted octanol–water partition coefficient (Wildman–Crippen LogP) is 3.93. The molecule has 0 aliphatic carbocycles. The molecule has 3 nitrogen and oxygen atoms in total. The van der Waals surface area contributed by atoms with Gasteiger partial charge in [-0.3, -0.25) is 0 Å². The second-order valence-corrected chi connectivity index (χ2v) is 9.95. The lowest BCUT2D eigenvalue weighted by molar-refractivity contribution is 0.464. The molecule has 3 heterocycles. The van der Waals surface area contributed by atoms with Gasteiger partial charge >= 0.3 is 0 Å². The van der Waals surface area contributed by atoms with Gasteiger partial charge in [-0.05, 0) is 48.5 Å². The van der Waals surface area contributed by atoms with Gasteiger partial charge in [0.25, 0.3) is 0 Å². The zero-order valence-corrected chi connectivity index (χ0v) is 16.1. The fourth-order valence-corrected chi connectivity index (χ4v) is 8.52. The van der Waals surface area contributed by atoms with Crippen molar-refractivity contribution in [3.63, 3.8) is 0 Å². The van der Waals surface area contributed by atoms with E-state index in [9.17, 15) is 0 Å². The van der Waals surface area contributed by atoms with Gasteiger partial charge in [-0.25, -0.2) is 0 Å². The normalized spacial score (nSPS) is 14.8. The first kappa shape index (κ1) is 14.5. The first-order valence-corrected chi connectivity index (χ1v) is 11.2. The van der Waals surface area contributed by atoms with Gasteiger partial charge in [-0.2, -0.15) is 0 Å². The van der Waals surface area contributed by atoms with E-state index in [2.05, 4.69) is 83.8 Å².